The first-order valence-electron chi connectivity index (χ1n) is 5.96. The number of amides is 2. The molecule has 3 N–H and O–H groups in total. The Labute approximate surface area is 112 Å². The van der Waals surface area contributed by atoms with E-state index in [0.29, 0.717) is 6.54 Å². The number of ether oxygens (including phenoxy) is 1. The molecule has 0 aliphatic rings. The van der Waals surface area contributed by atoms with Crippen LogP contribution in [-0.2, 0) is 16.1 Å². The van der Waals surface area contributed by atoms with Crippen molar-refractivity contribution in [3.05, 3.63) is 29.8 Å². The van der Waals surface area contributed by atoms with Gasteiger partial charge in [0.2, 0.25) is 11.8 Å². The number of nitrogens with one attached hydrogen (secondary N) is 3. The van der Waals surface area contributed by atoms with Gasteiger partial charge in [-0.15, -0.1) is 0 Å². The van der Waals surface area contributed by atoms with E-state index in [9.17, 15) is 9.59 Å². The minimum absolute atomic E-state index is 0.115. The summed E-state index contributed by atoms with van der Waals surface area (Å²) < 4.78 is 5.05. The van der Waals surface area contributed by atoms with E-state index in [1.807, 2.05) is 24.3 Å². The van der Waals surface area contributed by atoms with Crippen LogP contribution in [0.3, 0.4) is 0 Å². The molecule has 0 saturated carbocycles. The summed E-state index contributed by atoms with van der Waals surface area (Å²) in [6.45, 7) is 0.695. The molecule has 0 atom stereocenters. The van der Waals surface area contributed by atoms with E-state index in [1.54, 1.807) is 14.2 Å². The molecule has 0 fully saturated rings. The Morgan fingerprint density at radius 3 is 2.32 bits per heavy atom. The Morgan fingerprint density at radius 1 is 1.11 bits per heavy atom. The summed E-state index contributed by atoms with van der Waals surface area (Å²) in [7, 11) is 3.16. The third-order valence-electron chi connectivity index (χ3n) is 2.50. The van der Waals surface area contributed by atoms with Gasteiger partial charge in [-0.2, -0.15) is 0 Å². The van der Waals surface area contributed by atoms with Crippen LogP contribution >= 0.6 is 0 Å². The van der Waals surface area contributed by atoms with E-state index in [0.717, 1.165) is 11.3 Å². The van der Waals surface area contributed by atoms with E-state index in [1.165, 1.54) is 0 Å². The summed E-state index contributed by atoms with van der Waals surface area (Å²) in [4.78, 5) is 22.4. The zero-order chi connectivity index (χ0) is 14.1. The minimum atomic E-state index is -0.153. The van der Waals surface area contributed by atoms with Crippen LogP contribution in [0.25, 0.3) is 0 Å². The topological polar surface area (TPSA) is 79.5 Å². The molecule has 0 aliphatic carbocycles. The van der Waals surface area contributed by atoms with Gasteiger partial charge >= 0.3 is 0 Å². The molecule has 0 aromatic heterocycles. The number of hydrogen-bond acceptors (Lipinski definition) is 4. The van der Waals surface area contributed by atoms with E-state index in [-0.39, 0.29) is 24.9 Å². The lowest BCUT2D eigenvalue weighted by Gasteiger charge is -2.07. The lowest BCUT2D eigenvalue weighted by atomic mass is 10.2. The third kappa shape index (κ3) is 5.87. The van der Waals surface area contributed by atoms with Gasteiger partial charge < -0.3 is 15.4 Å². The average Bonchev–Trinajstić information content (AvgIpc) is 2.45. The van der Waals surface area contributed by atoms with Crippen LogP contribution in [0.1, 0.15) is 5.56 Å². The molecule has 0 unspecified atom stereocenters. The van der Waals surface area contributed by atoms with Crippen molar-refractivity contribution in [1.82, 2.24) is 16.0 Å². The van der Waals surface area contributed by atoms with Crippen molar-refractivity contribution in [3.63, 3.8) is 0 Å². The van der Waals surface area contributed by atoms with Gasteiger partial charge in [-0.25, -0.2) is 0 Å². The number of carbonyl (C=O) groups is 2. The van der Waals surface area contributed by atoms with Gasteiger partial charge in [-0.1, -0.05) is 12.1 Å². The van der Waals surface area contributed by atoms with E-state index in [2.05, 4.69) is 16.0 Å². The molecule has 19 heavy (non-hydrogen) atoms. The van der Waals surface area contributed by atoms with E-state index in [4.69, 9.17) is 4.74 Å². The molecule has 2 amide bonds. The fraction of sp³-hybridized carbons (Fsp3) is 0.385. The van der Waals surface area contributed by atoms with Crippen molar-refractivity contribution in [3.8, 4) is 5.75 Å². The zero-order valence-corrected chi connectivity index (χ0v) is 11.2. The van der Waals surface area contributed by atoms with Gasteiger partial charge in [0.05, 0.1) is 20.2 Å². The maximum Gasteiger partial charge on any atom is 0.234 e. The Hall–Kier alpha value is -2.08. The Bertz CT molecular complexity index is 418. The summed E-state index contributed by atoms with van der Waals surface area (Å²) in [5, 5.41) is 7.96. The van der Waals surface area contributed by atoms with Crippen molar-refractivity contribution >= 4 is 11.8 Å². The predicted octanol–water partition coefficient (Wildman–Crippen LogP) is -0.353. The van der Waals surface area contributed by atoms with Crippen LogP contribution in [0, 0.1) is 0 Å². The van der Waals surface area contributed by atoms with Crippen LogP contribution in [0.15, 0.2) is 24.3 Å². The fourth-order valence-electron chi connectivity index (χ4n) is 1.38. The minimum Gasteiger partial charge on any atom is -0.497 e. The van der Waals surface area contributed by atoms with Gasteiger partial charge in [0.25, 0.3) is 0 Å². The number of carbonyl (C=O) groups excluding carboxylic acids is 2. The molecule has 104 valence electrons. The first-order valence-corrected chi connectivity index (χ1v) is 5.96. The average molecular weight is 265 g/mol. The molecule has 0 bridgehead atoms. The normalized spacial score (nSPS) is 9.79. The largest absolute Gasteiger partial charge is 0.497 e. The number of hydrogen-bond donors (Lipinski definition) is 3. The Kier molecular flexibility index (Phi) is 6.38. The lowest BCUT2D eigenvalue weighted by molar-refractivity contribution is -0.121. The van der Waals surface area contributed by atoms with E-state index < -0.39 is 0 Å². The number of methoxy groups -OCH3 is 1. The molecular formula is C13H19N3O3. The monoisotopic (exact) mass is 265 g/mol. The fourth-order valence-corrected chi connectivity index (χ4v) is 1.38. The summed E-state index contributed by atoms with van der Waals surface area (Å²) in [6, 6.07) is 7.45. The van der Waals surface area contributed by atoms with Crippen molar-refractivity contribution < 1.29 is 14.3 Å². The molecule has 0 aliphatic heterocycles. The quantitative estimate of drug-likeness (QED) is 0.629. The molecule has 0 radical (unpaired) electrons. The molecule has 1 aromatic carbocycles. The number of rotatable bonds is 7. The predicted molar refractivity (Wildman–Crippen MR) is 71.8 cm³/mol. The highest BCUT2D eigenvalue weighted by Gasteiger charge is 2.02. The summed E-state index contributed by atoms with van der Waals surface area (Å²) in [5.74, 6) is 0.477. The second-order valence-electron chi connectivity index (χ2n) is 3.90. The molecule has 0 spiro atoms. The molecule has 0 heterocycles. The standard InChI is InChI=1S/C13H19N3O3/c1-14-12(17)8-15-9-13(18)16-7-10-3-5-11(19-2)6-4-10/h3-6,15H,7-9H2,1-2H3,(H,14,17)(H,16,18). The highest BCUT2D eigenvalue weighted by atomic mass is 16.5. The summed E-state index contributed by atoms with van der Waals surface area (Å²) >= 11 is 0. The maximum atomic E-state index is 11.5. The van der Waals surface area contributed by atoms with Crippen molar-refractivity contribution in [2.45, 2.75) is 6.54 Å². The first kappa shape index (κ1) is 15.0. The van der Waals surface area contributed by atoms with E-state index >= 15 is 0 Å². The second-order valence-corrected chi connectivity index (χ2v) is 3.90. The lowest BCUT2D eigenvalue weighted by Crippen LogP contribution is -2.38. The molecule has 6 heteroatoms. The second kappa shape index (κ2) is 8.10. The highest BCUT2D eigenvalue weighted by molar-refractivity contribution is 5.80. The van der Waals surface area contributed by atoms with Crippen LogP contribution in [0.5, 0.6) is 5.75 Å². The third-order valence-corrected chi connectivity index (χ3v) is 2.50. The van der Waals surface area contributed by atoms with Crippen LogP contribution in [0.4, 0.5) is 0 Å². The first-order chi connectivity index (χ1) is 9.15. The van der Waals surface area contributed by atoms with Crippen molar-refractivity contribution in [1.29, 1.82) is 0 Å². The van der Waals surface area contributed by atoms with Gasteiger partial charge in [0, 0.05) is 13.6 Å². The molecule has 1 aromatic rings. The number of likely N-dealkylation sites (N-methyl/N-ethyl adjacent to an activating group) is 1. The summed E-state index contributed by atoms with van der Waals surface area (Å²) in [6.07, 6.45) is 0. The highest BCUT2D eigenvalue weighted by Crippen LogP contribution is 2.10. The Morgan fingerprint density at radius 2 is 1.74 bits per heavy atom. The smallest absolute Gasteiger partial charge is 0.234 e. The Balaban J connectivity index is 2.23. The van der Waals surface area contributed by atoms with Crippen molar-refractivity contribution in [2.24, 2.45) is 0 Å². The molecular weight excluding hydrogens is 246 g/mol. The van der Waals surface area contributed by atoms with Gasteiger partial charge in [0.1, 0.15) is 5.75 Å². The number of benzene rings is 1. The van der Waals surface area contributed by atoms with Crippen LogP contribution in [0.2, 0.25) is 0 Å². The molecule has 6 nitrogen and oxygen atoms in total. The van der Waals surface area contributed by atoms with Crippen molar-refractivity contribution in [2.75, 3.05) is 27.2 Å². The summed E-state index contributed by atoms with van der Waals surface area (Å²) in [5.41, 5.74) is 0.987. The molecule has 0 saturated heterocycles. The van der Waals surface area contributed by atoms with Gasteiger partial charge in [-0.05, 0) is 17.7 Å². The molecule has 1 rings (SSSR count). The van der Waals surface area contributed by atoms with Gasteiger partial charge in [-0.3, -0.25) is 14.9 Å². The van der Waals surface area contributed by atoms with Crippen LogP contribution in [-0.4, -0.2) is 39.1 Å². The maximum absolute atomic E-state index is 11.5. The van der Waals surface area contributed by atoms with Gasteiger partial charge in [0.15, 0.2) is 0 Å². The zero-order valence-electron chi connectivity index (χ0n) is 11.2. The SMILES string of the molecule is CNC(=O)CNCC(=O)NCc1ccc(OC)cc1. The van der Waals surface area contributed by atoms with Crippen LogP contribution < -0.4 is 20.7 Å².